The molecule has 0 spiro atoms. The molecule has 0 unspecified atom stereocenters. The predicted molar refractivity (Wildman–Crippen MR) is 75.3 cm³/mol. The maximum Gasteiger partial charge on any atom is 0.220 e. The van der Waals surface area contributed by atoms with Crippen molar-refractivity contribution < 1.29 is 9.32 Å². The lowest BCUT2D eigenvalue weighted by Crippen LogP contribution is -2.25. The molecule has 1 aromatic heterocycles. The van der Waals surface area contributed by atoms with Gasteiger partial charge in [0.1, 0.15) is 0 Å². The Kier molecular flexibility index (Phi) is 3.46. The van der Waals surface area contributed by atoms with Crippen LogP contribution in [0.2, 0.25) is 0 Å². The first-order valence-electron chi connectivity index (χ1n) is 6.56. The quantitative estimate of drug-likeness (QED) is 0.825. The van der Waals surface area contributed by atoms with E-state index in [-0.39, 0.29) is 5.91 Å². The van der Waals surface area contributed by atoms with Crippen molar-refractivity contribution in [3.63, 3.8) is 0 Å². The fraction of sp³-hybridized carbons (Fsp3) is 0.429. The molecule has 0 aliphatic heterocycles. The van der Waals surface area contributed by atoms with E-state index in [9.17, 15) is 4.79 Å². The van der Waals surface area contributed by atoms with Crippen molar-refractivity contribution in [3.8, 4) is 0 Å². The Balaban J connectivity index is 1.58. The number of aromatic nitrogens is 1. The zero-order valence-corrected chi connectivity index (χ0v) is 11.5. The predicted octanol–water partition coefficient (Wildman–Crippen LogP) is 2.58. The lowest BCUT2D eigenvalue weighted by atomic mass is 10.1. The number of amides is 1. The van der Waals surface area contributed by atoms with E-state index >= 15 is 0 Å². The average Bonchev–Trinajstić information content (AvgIpc) is 3.10. The molecule has 1 aliphatic rings. The summed E-state index contributed by atoms with van der Waals surface area (Å²) in [5.74, 6) is 0.768. The highest BCUT2D eigenvalue weighted by Crippen LogP contribution is 2.32. The highest BCUT2D eigenvalue weighted by atomic mass is 32.1. The third kappa shape index (κ3) is 3.10. The Hall–Kier alpha value is -1.49. The summed E-state index contributed by atoms with van der Waals surface area (Å²) in [5, 5.41) is 7.95. The summed E-state index contributed by atoms with van der Waals surface area (Å²) in [4.78, 5) is 12.5. The topological polar surface area (TPSA) is 55.1 Å². The van der Waals surface area contributed by atoms with Crippen molar-refractivity contribution in [2.24, 2.45) is 5.92 Å². The summed E-state index contributed by atoms with van der Waals surface area (Å²) in [6.45, 7) is 0.601. The normalized spacial score (nSPS) is 14.8. The monoisotopic (exact) mass is 276 g/mol. The molecule has 0 saturated heterocycles. The van der Waals surface area contributed by atoms with Gasteiger partial charge in [0, 0.05) is 29.7 Å². The third-order valence-corrected chi connectivity index (χ3v) is 3.66. The number of carbonyl (C=O) groups is 1. The molecule has 1 N–H and O–H groups in total. The lowest BCUT2D eigenvalue weighted by Gasteiger charge is -2.02. The van der Waals surface area contributed by atoms with Crippen LogP contribution in [0, 0.1) is 5.92 Å². The number of hydrogen-bond donors (Lipinski definition) is 2. The zero-order chi connectivity index (χ0) is 13.2. The summed E-state index contributed by atoms with van der Waals surface area (Å²) < 4.78 is 5.24. The third-order valence-electron chi connectivity index (χ3n) is 3.38. The van der Waals surface area contributed by atoms with Crippen LogP contribution in [0.4, 0.5) is 0 Å². The zero-order valence-electron chi connectivity index (χ0n) is 10.6. The van der Waals surface area contributed by atoms with Gasteiger partial charge in [-0.3, -0.25) is 4.79 Å². The fourth-order valence-corrected chi connectivity index (χ4v) is 2.34. The van der Waals surface area contributed by atoms with Crippen LogP contribution in [0.3, 0.4) is 0 Å². The second-order valence-electron chi connectivity index (χ2n) is 5.06. The standard InChI is InChI=1S/C14H16N2O2S/c17-14(7-9-1-2-9)15-6-5-12-11-8-10(19)3-4-13(11)18-16-12/h3-4,8-9,19H,1-2,5-7H2,(H,15,17). The molecular formula is C14H16N2O2S. The first-order valence-corrected chi connectivity index (χ1v) is 7.01. The number of nitrogens with zero attached hydrogens (tertiary/aromatic N) is 1. The van der Waals surface area contributed by atoms with Gasteiger partial charge < -0.3 is 9.84 Å². The van der Waals surface area contributed by atoms with E-state index in [1.54, 1.807) is 0 Å². The van der Waals surface area contributed by atoms with Gasteiger partial charge in [0.15, 0.2) is 5.58 Å². The number of hydrogen-bond acceptors (Lipinski definition) is 4. The minimum atomic E-state index is 0.144. The van der Waals surface area contributed by atoms with Gasteiger partial charge in [-0.05, 0) is 37.0 Å². The van der Waals surface area contributed by atoms with Crippen LogP contribution in [-0.2, 0) is 11.2 Å². The van der Waals surface area contributed by atoms with Gasteiger partial charge >= 0.3 is 0 Å². The maximum absolute atomic E-state index is 11.6. The van der Waals surface area contributed by atoms with Crippen LogP contribution in [0.5, 0.6) is 0 Å². The van der Waals surface area contributed by atoms with Gasteiger partial charge in [0.2, 0.25) is 5.91 Å². The Bertz CT molecular complexity index is 605. The Morgan fingerprint density at radius 3 is 3.11 bits per heavy atom. The van der Waals surface area contributed by atoms with E-state index in [1.165, 1.54) is 12.8 Å². The van der Waals surface area contributed by atoms with Crippen molar-refractivity contribution >= 4 is 29.5 Å². The minimum absolute atomic E-state index is 0.144. The smallest absolute Gasteiger partial charge is 0.220 e. The Morgan fingerprint density at radius 1 is 1.47 bits per heavy atom. The summed E-state index contributed by atoms with van der Waals surface area (Å²) in [6, 6.07) is 5.67. The van der Waals surface area contributed by atoms with E-state index in [0.29, 0.717) is 25.3 Å². The van der Waals surface area contributed by atoms with E-state index in [2.05, 4.69) is 23.1 Å². The molecule has 3 rings (SSSR count). The molecule has 1 saturated carbocycles. The summed E-state index contributed by atoms with van der Waals surface area (Å²) >= 11 is 4.31. The molecule has 1 amide bonds. The van der Waals surface area contributed by atoms with Crippen LogP contribution in [0.15, 0.2) is 27.6 Å². The van der Waals surface area contributed by atoms with Crippen LogP contribution >= 0.6 is 12.6 Å². The molecule has 19 heavy (non-hydrogen) atoms. The molecule has 1 aliphatic carbocycles. The number of fused-ring (bicyclic) bond motifs is 1. The number of nitrogens with one attached hydrogen (secondary N) is 1. The largest absolute Gasteiger partial charge is 0.356 e. The summed E-state index contributed by atoms with van der Waals surface area (Å²) in [6.07, 6.45) is 3.75. The molecule has 4 nitrogen and oxygen atoms in total. The second-order valence-corrected chi connectivity index (χ2v) is 5.57. The van der Waals surface area contributed by atoms with Crippen molar-refractivity contribution in [1.82, 2.24) is 10.5 Å². The molecule has 1 fully saturated rings. The van der Waals surface area contributed by atoms with Gasteiger partial charge in [0.25, 0.3) is 0 Å². The van der Waals surface area contributed by atoms with Crippen LogP contribution in [0.25, 0.3) is 11.0 Å². The summed E-state index contributed by atoms with van der Waals surface area (Å²) in [5.41, 5.74) is 1.63. The number of benzene rings is 1. The average molecular weight is 276 g/mol. The molecule has 0 atom stereocenters. The first kappa shape index (κ1) is 12.5. The van der Waals surface area contributed by atoms with E-state index in [4.69, 9.17) is 4.52 Å². The van der Waals surface area contributed by atoms with E-state index < -0.39 is 0 Å². The lowest BCUT2D eigenvalue weighted by molar-refractivity contribution is -0.121. The highest BCUT2D eigenvalue weighted by molar-refractivity contribution is 7.80. The number of carbonyl (C=O) groups excluding carboxylic acids is 1. The molecule has 1 heterocycles. The van der Waals surface area contributed by atoms with Crippen molar-refractivity contribution in [2.45, 2.75) is 30.6 Å². The molecule has 0 bridgehead atoms. The Morgan fingerprint density at radius 2 is 2.32 bits per heavy atom. The number of thiol groups is 1. The van der Waals surface area contributed by atoms with Crippen LogP contribution in [0.1, 0.15) is 25.0 Å². The summed E-state index contributed by atoms with van der Waals surface area (Å²) in [7, 11) is 0. The second kappa shape index (κ2) is 5.25. The van der Waals surface area contributed by atoms with Crippen molar-refractivity contribution in [1.29, 1.82) is 0 Å². The first-order chi connectivity index (χ1) is 9.22. The van der Waals surface area contributed by atoms with Gasteiger partial charge in [-0.15, -0.1) is 12.6 Å². The van der Waals surface area contributed by atoms with Gasteiger partial charge in [-0.1, -0.05) is 5.16 Å². The Labute approximate surface area is 116 Å². The SMILES string of the molecule is O=C(CC1CC1)NCCc1noc2ccc(S)cc12. The van der Waals surface area contributed by atoms with Gasteiger partial charge in [-0.2, -0.15) is 0 Å². The van der Waals surface area contributed by atoms with Crippen LogP contribution in [-0.4, -0.2) is 17.6 Å². The molecule has 5 heteroatoms. The molecule has 100 valence electrons. The maximum atomic E-state index is 11.6. The molecule has 2 aromatic rings. The minimum Gasteiger partial charge on any atom is -0.356 e. The van der Waals surface area contributed by atoms with E-state index in [1.807, 2.05) is 18.2 Å². The molecular weight excluding hydrogens is 260 g/mol. The van der Waals surface area contributed by atoms with Crippen molar-refractivity contribution in [3.05, 3.63) is 23.9 Å². The molecule has 1 aromatic carbocycles. The van der Waals surface area contributed by atoms with Gasteiger partial charge in [-0.25, -0.2) is 0 Å². The number of rotatable bonds is 5. The fourth-order valence-electron chi connectivity index (χ4n) is 2.13. The highest BCUT2D eigenvalue weighted by Gasteiger charge is 2.24. The van der Waals surface area contributed by atoms with E-state index in [0.717, 1.165) is 21.6 Å². The van der Waals surface area contributed by atoms with Gasteiger partial charge in [0.05, 0.1) is 5.69 Å². The van der Waals surface area contributed by atoms with Crippen LogP contribution < -0.4 is 5.32 Å². The molecule has 0 radical (unpaired) electrons. The van der Waals surface area contributed by atoms with Crippen molar-refractivity contribution in [2.75, 3.05) is 6.54 Å².